The van der Waals surface area contributed by atoms with Gasteiger partial charge in [0.05, 0.1) is 11.3 Å². The first kappa shape index (κ1) is 20.6. The highest BCUT2D eigenvalue weighted by Gasteiger charge is 2.32. The first-order valence-corrected chi connectivity index (χ1v) is 10.0. The lowest BCUT2D eigenvalue weighted by molar-refractivity contribution is -0.274. The van der Waals surface area contributed by atoms with Crippen molar-refractivity contribution in [2.75, 3.05) is 5.32 Å². The van der Waals surface area contributed by atoms with Crippen LogP contribution in [0.5, 0.6) is 5.75 Å². The van der Waals surface area contributed by atoms with E-state index >= 15 is 0 Å². The van der Waals surface area contributed by atoms with Crippen LogP contribution in [0.25, 0.3) is 21.8 Å². The Morgan fingerprint density at radius 3 is 2.39 bits per heavy atom. The minimum atomic E-state index is -4.89. The van der Waals surface area contributed by atoms with E-state index in [1.54, 1.807) is 18.2 Å². The molecule has 1 heterocycles. The van der Waals surface area contributed by atoms with Gasteiger partial charge in [0.2, 0.25) is 0 Å². The number of rotatable bonds is 5. The number of benzene rings is 3. The highest BCUT2D eigenvalue weighted by atomic mass is 32.1. The first-order valence-electron chi connectivity index (χ1n) is 9.16. The van der Waals surface area contributed by atoms with Crippen molar-refractivity contribution < 1.29 is 22.7 Å². The molecule has 0 radical (unpaired) electrons. The Morgan fingerprint density at radius 1 is 0.903 bits per heavy atom. The molecule has 0 saturated heterocycles. The maximum absolute atomic E-state index is 12.6. The average molecular weight is 440 g/mol. The fourth-order valence-corrected chi connectivity index (χ4v) is 3.78. The third kappa shape index (κ3) is 5.10. The lowest BCUT2D eigenvalue weighted by Crippen LogP contribution is -2.20. The SMILES string of the molecule is O=C(Nc1cccc(-c2csc(-c3ccccc3)n2)c1)c1ccccc1OC(F)(F)F. The third-order valence-corrected chi connectivity index (χ3v) is 5.19. The lowest BCUT2D eigenvalue weighted by atomic mass is 10.1. The molecular weight excluding hydrogens is 425 g/mol. The van der Waals surface area contributed by atoms with E-state index < -0.39 is 18.0 Å². The second-order valence-corrected chi connectivity index (χ2v) is 7.34. The zero-order chi connectivity index (χ0) is 21.8. The highest BCUT2D eigenvalue weighted by Crippen LogP contribution is 2.31. The van der Waals surface area contributed by atoms with Crippen LogP contribution in [0.3, 0.4) is 0 Å². The molecule has 0 aliphatic rings. The molecule has 0 aliphatic heterocycles. The van der Waals surface area contributed by atoms with Crippen LogP contribution in [0, 0.1) is 0 Å². The smallest absolute Gasteiger partial charge is 0.405 e. The molecule has 4 aromatic rings. The molecule has 3 aromatic carbocycles. The topological polar surface area (TPSA) is 51.2 Å². The number of halogens is 3. The summed E-state index contributed by atoms with van der Waals surface area (Å²) in [7, 11) is 0. The minimum absolute atomic E-state index is 0.217. The van der Waals surface area contributed by atoms with E-state index in [1.165, 1.54) is 29.5 Å². The molecule has 0 aliphatic carbocycles. The Labute approximate surface area is 180 Å². The minimum Gasteiger partial charge on any atom is -0.405 e. The number of thiazole rings is 1. The maximum Gasteiger partial charge on any atom is 0.573 e. The van der Waals surface area contributed by atoms with Gasteiger partial charge < -0.3 is 10.1 Å². The normalized spacial score (nSPS) is 11.2. The van der Waals surface area contributed by atoms with Crippen molar-refractivity contribution in [3.8, 4) is 27.6 Å². The molecule has 1 amide bonds. The Bertz CT molecular complexity index is 1210. The van der Waals surface area contributed by atoms with Gasteiger partial charge in [-0.3, -0.25) is 4.79 Å². The van der Waals surface area contributed by atoms with E-state index in [-0.39, 0.29) is 5.56 Å². The van der Waals surface area contributed by atoms with Crippen LogP contribution in [-0.4, -0.2) is 17.3 Å². The van der Waals surface area contributed by atoms with E-state index in [0.717, 1.165) is 27.9 Å². The van der Waals surface area contributed by atoms with Gasteiger partial charge in [0.1, 0.15) is 10.8 Å². The fraction of sp³-hybridized carbons (Fsp3) is 0.0435. The number of carbonyl (C=O) groups is 1. The van der Waals surface area contributed by atoms with Gasteiger partial charge in [0, 0.05) is 22.2 Å². The molecule has 1 aromatic heterocycles. The number of anilines is 1. The molecule has 0 fully saturated rings. The van der Waals surface area contributed by atoms with Crippen LogP contribution >= 0.6 is 11.3 Å². The van der Waals surface area contributed by atoms with Crippen LogP contribution < -0.4 is 10.1 Å². The predicted molar refractivity (Wildman–Crippen MR) is 114 cm³/mol. The van der Waals surface area contributed by atoms with E-state index in [4.69, 9.17) is 0 Å². The number of nitrogens with one attached hydrogen (secondary N) is 1. The van der Waals surface area contributed by atoms with E-state index in [1.807, 2.05) is 41.8 Å². The molecule has 0 bridgehead atoms. The standard InChI is InChI=1S/C23H15F3N2O2S/c24-23(25,26)30-20-12-5-4-11-18(20)21(29)27-17-10-6-9-16(13-17)19-14-31-22(28-19)15-7-2-1-3-8-15/h1-14H,(H,27,29). The molecule has 0 spiro atoms. The summed E-state index contributed by atoms with van der Waals surface area (Å²) < 4.78 is 41.8. The molecule has 0 unspecified atom stereocenters. The zero-order valence-electron chi connectivity index (χ0n) is 15.9. The van der Waals surface area contributed by atoms with E-state index in [0.29, 0.717) is 5.69 Å². The van der Waals surface area contributed by atoms with Crippen molar-refractivity contribution in [1.82, 2.24) is 4.98 Å². The third-order valence-electron chi connectivity index (χ3n) is 4.30. The van der Waals surface area contributed by atoms with Crippen molar-refractivity contribution in [1.29, 1.82) is 0 Å². The van der Waals surface area contributed by atoms with Crippen molar-refractivity contribution in [3.63, 3.8) is 0 Å². The number of hydrogen-bond acceptors (Lipinski definition) is 4. The quantitative estimate of drug-likeness (QED) is 0.379. The summed E-state index contributed by atoms with van der Waals surface area (Å²) >= 11 is 1.50. The average Bonchev–Trinajstić information content (AvgIpc) is 3.24. The van der Waals surface area contributed by atoms with Gasteiger partial charge in [-0.25, -0.2) is 4.98 Å². The van der Waals surface area contributed by atoms with Crippen molar-refractivity contribution in [2.45, 2.75) is 6.36 Å². The number of nitrogens with zero attached hydrogens (tertiary/aromatic N) is 1. The number of amides is 1. The monoisotopic (exact) mass is 440 g/mol. The Hall–Kier alpha value is -3.65. The molecule has 8 heteroatoms. The molecule has 4 rings (SSSR count). The lowest BCUT2D eigenvalue weighted by Gasteiger charge is -2.13. The fourth-order valence-electron chi connectivity index (χ4n) is 2.94. The van der Waals surface area contributed by atoms with Gasteiger partial charge in [-0.2, -0.15) is 0 Å². The number of para-hydroxylation sites is 1. The molecular formula is C23H15F3N2O2S. The van der Waals surface area contributed by atoms with Gasteiger partial charge in [0.25, 0.3) is 5.91 Å². The number of ether oxygens (including phenoxy) is 1. The largest absolute Gasteiger partial charge is 0.573 e. The van der Waals surface area contributed by atoms with Gasteiger partial charge in [-0.15, -0.1) is 24.5 Å². The van der Waals surface area contributed by atoms with Crippen LogP contribution in [0.2, 0.25) is 0 Å². The molecule has 0 saturated carbocycles. The second-order valence-electron chi connectivity index (χ2n) is 6.48. The maximum atomic E-state index is 12.6. The summed E-state index contributed by atoms with van der Waals surface area (Å²) in [4.78, 5) is 17.2. The summed E-state index contributed by atoms with van der Waals surface area (Å²) in [5, 5.41) is 5.40. The molecule has 0 atom stereocenters. The van der Waals surface area contributed by atoms with Gasteiger partial charge >= 0.3 is 6.36 Å². The van der Waals surface area contributed by atoms with Crippen LogP contribution in [0.4, 0.5) is 18.9 Å². The summed E-state index contributed by atoms with van der Waals surface area (Å²) in [5.41, 5.74) is 2.73. The summed E-state index contributed by atoms with van der Waals surface area (Å²) in [6.07, 6.45) is -4.89. The number of alkyl halides is 3. The van der Waals surface area contributed by atoms with Gasteiger partial charge in [-0.1, -0.05) is 54.6 Å². The second kappa shape index (κ2) is 8.61. The molecule has 156 valence electrons. The Morgan fingerprint density at radius 2 is 1.61 bits per heavy atom. The van der Waals surface area contributed by atoms with Crippen molar-refractivity contribution in [3.05, 3.63) is 89.8 Å². The number of hydrogen-bond donors (Lipinski definition) is 1. The summed E-state index contributed by atoms with van der Waals surface area (Å²) in [6, 6.07) is 21.9. The first-order chi connectivity index (χ1) is 14.9. The summed E-state index contributed by atoms with van der Waals surface area (Å²) in [5.74, 6) is -1.27. The molecule has 4 nitrogen and oxygen atoms in total. The Balaban J connectivity index is 1.55. The van der Waals surface area contributed by atoms with Crippen molar-refractivity contribution >= 4 is 22.9 Å². The van der Waals surface area contributed by atoms with Gasteiger partial charge in [-0.05, 0) is 24.3 Å². The Kier molecular flexibility index (Phi) is 5.73. The molecule has 31 heavy (non-hydrogen) atoms. The predicted octanol–water partition coefficient (Wildman–Crippen LogP) is 6.63. The van der Waals surface area contributed by atoms with E-state index in [9.17, 15) is 18.0 Å². The number of carbonyl (C=O) groups excluding carboxylic acids is 1. The van der Waals surface area contributed by atoms with Crippen LogP contribution in [0.15, 0.2) is 84.2 Å². The van der Waals surface area contributed by atoms with Crippen LogP contribution in [0.1, 0.15) is 10.4 Å². The van der Waals surface area contributed by atoms with Crippen molar-refractivity contribution in [2.24, 2.45) is 0 Å². The highest BCUT2D eigenvalue weighted by molar-refractivity contribution is 7.13. The van der Waals surface area contributed by atoms with E-state index in [2.05, 4.69) is 15.0 Å². The number of aromatic nitrogens is 1. The zero-order valence-corrected chi connectivity index (χ0v) is 16.7. The molecule has 1 N–H and O–H groups in total. The van der Waals surface area contributed by atoms with Gasteiger partial charge in [0.15, 0.2) is 0 Å². The summed E-state index contributed by atoms with van der Waals surface area (Å²) in [6.45, 7) is 0. The van der Waals surface area contributed by atoms with Crippen LogP contribution in [-0.2, 0) is 0 Å².